The second kappa shape index (κ2) is 7.60. The molecule has 0 unspecified atom stereocenters. The minimum atomic E-state index is -0.189. The molecule has 2 aromatic heterocycles. The van der Waals surface area contributed by atoms with E-state index in [9.17, 15) is 4.79 Å². The first-order chi connectivity index (χ1) is 12.8. The van der Waals surface area contributed by atoms with E-state index < -0.39 is 0 Å². The molecular formula is C19H28N6O. The highest BCUT2D eigenvalue weighted by Gasteiger charge is 2.31. The van der Waals surface area contributed by atoms with Crippen molar-refractivity contribution in [2.45, 2.75) is 70.4 Å². The lowest BCUT2D eigenvalue weighted by Gasteiger charge is -2.34. The quantitative estimate of drug-likeness (QED) is 0.844. The van der Waals surface area contributed by atoms with Crippen molar-refractivity contribution in [3.8, 4) is 0 Å². The monoisotopic (exact) mass is 356 g/mol. The fraction of sp³-hybridized carbons (Fsp3) is 0.684. The predicted molar refractivity (Wildman–Crippen MR) is 97.7 cm³/mol. The molecule has 26 heavy (non-hydrogen) atoms. The summed E-state index contributed by atoms with van der Waals surface area (Å²) in [6, 6.07) is 1.69. The van der Waals surface area contributed by atoms with Crippen LogP contribution in [0.5, 0.6) is 0 Å². The lowest BCUT2D eigenvalue weighted by molar-refractivity contribution is -0.136. The van der Waals surface area contributed by atoms with E-state index in [1.54, 1.807) is 10.9 Å². The first kappa shape index (κ1) is 17.2. The van der Waals surface area contributed by atoms with Gasteiger partial charge in [-0.15, -0.1) is 10.2 Å². The number of rotatable bonds is 4. The molecule has 140 valence electrons. The molecule has 1 amide bonds. The molecule has 1 atom stereocenters. The highest BCUT2D eigenvalue weighted by Crippen LogP contribution is 2.30. The second-order valence-corrected chi connectivity index (χ2v) is 7.45. The Kier molecular flexibility index (Phi) is 5.04. The highest BCUT2D eigenvalue weighted by atomic mass is 16.2. The van der Waals surface area contributed by atoms with E-state index >= 15 is 0 Å². The molecule has 1 saturated heterocycles. The van der Waals surface area contributed by atoms with Gasteiger partial charge in [-0.2, -0.15) is 5.10 Å². The topological polar surface area (TPSA) is 68.8 Å². The maximum atomic E-state index is 12.9. The van der Waals surface area contributed by atoms with Crippen LogP contribution in [0.25, 0.3) is 0 Å². The van der Waals surface area contributed by atoms with Crippen LogP contribution in [-0.4, -0.2) is 48.4 Å². The van der Waals surface area contributed by atoms with Crippen molar-refractivity contribution in [3.63, 3.8) is 0 Å². The van der Waals surface area contributed by atoms with Gasteiger partial charge in [-0.25, -0.2) is 0 Å². The number of carbonyl (C=O) groups excluding carboxylic acids is 1. The van der Waals surface area contributed by atoms with Crippen molar-refractivity contribution >= 4 is 5.91 Å². The summed E-state index contributed by atoms with van der Waals surface area (Å²) < 4.78 is 4.14. The SMILES string of the molecule is CC[C@H](C(=O)N1CCC(c2nnc3n2CCCCC3)CC1)n1cccn1. The number of aromatic nitrogens is 5. The summed E-state index contributed by atoms with van der Waals surface area (Å²) in [4.78, 5) is 14.9. The molecule has 0 aliphatic carbocycles. The first-order valence-electron chi connectivity index (χ1n) is 9.97. The predicted octanol–water partition coefficient (Wildman–Crippen LogP) is 2.56. The lowest BCUT2D eigenvalue weighted by Crippen LogP contribution is -2.42. The normalized spacial score (nSPS) is 19.8. The molecule has 0 saturated carbocycles. The van der Waals surface area contributed by atoms with E-state index in [1.807, 2.05) is 24.1 Å². The zero-order valence-electron chi connectivity index (χ0n) is 15.5. The fourth-order valence-corrected chi connectivity index (χ4v) is 4.32. The van der Waals surface area contributed by atoms with Crippen molar-refractivity contribution in [2.24, 2.45) is 0 Å². The number of likely N-dealkylation sites (tertiary alicyclic amines) is 1. The van der Waals surface area contributed by atoms with Crippen LogP contribution in [0.15, 0.2) is 18.5 Å². The lowest BCUT2D eigenvalue weighted by atomic mass is 9.95. The number of amides is 1. The van der Waals surface area contributed by atoms with Crippen molar-refractivity contribution < 1.29 is 4.79 Å². The van der Waals surface area contributed by atoms with Crippen LogP contribution in [0.2, 0.25) is 0 Å². The molecule has 0 bridgehead atoms. The summed E-state index contributed by atoms with van der Waals surface area (Å²) >= 11 is 0. The molecule has 1 fully saturated rings. The van der Waals surface area contributed by atoms with Gasteiger partial charge in [0.2, 0.25) is 5.91 Å². The Labute approximate surface area is 154 Å². The van der Waals surface area contributed by atoms with Crippen LogP contribution in [0.4, 0.5) is 0 Å². The van der Waals surface area contributed by atoms with Crippen LogP contribution in [0.3, 0.4) is 0 Å². The largest absolute Gasteiger partial charge is 0.341 e. The van der Waals surface area contributed by atoms with E-state index in [4.69, 9.17) is 0 Å². The van der Waals surface area contributed by atoms with Gasteiger partial charge in [0.25, 0.3) is 0 Å². The number of fused-ring (bicyclic) bond motifs is 1. The van der Waals surface area contributed by atoms with Gasteiger partial charge in [-0.1, -0.05) is 13.3 Å². The zero-order chi connectivity index (χ0) is 17.9. The van der Waals surface area contributed by atoms with Crippen LogP contribution < -0.4 is 0 Å². The smallest absolute Gasteiger partial charge is 0.247 e. The zero-order valence-corrected chi connectivity index (χ0v) is 15.5. The molecule has 4 heterocycles. The number of carbonyl (C=O) groups is 1. The summed E-state index contributed by atoms with van der Waals surface area (Å²) in [6.07, 6.45) is 11.1. The standard InChI is InChI=1S/C19H28N6O/c1-2-16(25-12-6-10-20-25)19(26)23-13-8-15(9-14-23)18-22-21-17-7-4-3-5-11-24(17)18/h6,10,12,15-16H,2-5,7-9,11,13-14H2,1H3/t16-/m1/s1. The van der Waals surface area contributed by atoms with E-state index in [2.05, 4.69) is 19.9 Å². The summed E-state index contributed by atoms with van der Waals surface area (Å²) in [6.45, 7) is 4.68. The molecular weight excluding hydrogens is 328 g/mol. The summed E-state index contributed by atoms with van der Waals surface area (Å²) in [5, 5.41) is 13.2. The Bertz CT molecular complexity index is 729. The van der Waals surface area contributed by atoms with Crippen molar-refractivity contribution in [1.82, 2.24) is 29.4 Å². The maximum absolute atomic E-state index is 12.9. The molecule has 7 heteroatoms. The third kappa shape index (κ3) is 3.27. The van der Waals surface area contributed by atoms with Crippen molar-refractivity contribution in [1.29, 1.82) is 0 Å². The van der Waals surface area contributed by atoms with Crippen LogP contribution in [0.1, 0.15) is 69.1 Å². The molecule has 2 aliphatic rings. The van der Waals surface area contributed by atoms with E-state index in [0.717, 1.165) is 57.0 Å². The van der Waals surface area contributed by atoms with E-state index in [-0.39, 0.29) is 11.9 Å². The molecule has 2 aliphatic heterocycles. The molecule has 4 rings (SSSR count). The Morgan fingerprint density at radius 2 is 2.04 bits per heavy atom. The maximum Gasteiger partial charge on any atom is 0.247 e. The van der Waals surface area contributed by atoms with Gasteiger partial charge in [0.15, 0.2) is 0 Å². The van der Waals surface area contributed by atoms with Gasteiger partial charge in [0.05, 0.1) is 0 Å². The second-order valence-electron chi connectivity index (χ2n) is 7.45. The van der Waals surface area contributed by atoms with Crippen LogP contribution in [-0.2, 0) is 17.8 Å². The Balaban J connectivity index is 1.41. The number of piperidine rings is 1. The van der Waals surface area contributed by atoms with Gasteiger partial charge in [0, 0.05) is 44.4 Å². The molecule has 7 nitrogen and oxygen atoms in total. The summed E-state index contributed by atoms with van der Waals surface area (Å²) in [5.41, 5.74) is 0. The van der Waals surface area contributed by atoms with Gasteiger partial charge in [-0.3, -0.25) is 9.48 Å². The Morgan fingerprint density at radius 1 is 1.19 bits per heavy atom. The van der Waals surface area contributed by atoms with E-state index in [1.165, 1.54) is 19.3 Å². The fourth-order valence-electron chi connectivity index (χ4n) is 4.32. The van der Waals surface area contributed by atoms with Crippen molar-refractivity contribution in [2.75, 3.05) is 13.1 Å². The average Bonchev–Trinajstić information content (AvgIpc) is 3.28. The Morgan fingerprint density at radius 3 is 2.77 bits per heavy atom. The number of hydrogen-bond acceptors (Lipinski definition) is 4. The molecule has 0 radical (unpaired) electrons. The third-order valence-corrected chi connectivity index (χ3v) is 5.83. The molecule has 0 N–H and O–H groups in total. The molecule has 2 aromatic rings. The molecule has 0 spiro atoms. The number of aryl methyl sites for hydroxylation is 1. The highest BCUT2D eigenvalue weighted by molar-refractivity contribution is 5.80. The minimum absolute atomic E-state index is 0.189. The van der Waals surface area contributed by atoms with E-state index in [0.29, 0.717) is 5.92 Å². The van der Waals surface area contributed by atoms with Gasteiger partial charge in [0.1, 0.15) is 17.7 Å². The minimum Gasteiger partial charge on any atom is -0.341 e. The third-order valence-electron chi connectivity index (χ3n) is 5.83. The van der Waals surface area contributed by atoms with Crippen LogP contribution >= 0.6 is 0 Å². The van der Waals surface area contributed by atoms with Gasteiger partial charge in [-0.05, 0) is 38.2 Å². The van der Waals surface area contributed by atoms with Crippen LogP contribution in [0, 0.1) is 0 Å². The first-order valence-corrected chi connectivity index (χ1v) is 9.97. The molecule has 0 aromatic carbocycles. The van der Waals surface area contributed by atoms with Gasteiger partial charge < -0.3 is 9.47 Å². The average molecular weight is 356 g/mol. The van der Waals surface area contributed by atoms with Gasteiger partial charge >= 0.3 is 0 Å². The number of hydrogen-bond donors (Lipinski definition) is 0. The number of nitrogens with zero attached hydrogens (tertiary/aromatic N) is 6. The van der Waals surface area contributed by atoms with Crippen molar-refractivity contribution in [3.05, 3.63) is 30.1 Å². The summed E-state index contributed by atoms with van der Waals surface area (Å²) in [7, 11) is 0. The Hall–Kier alpha value is -2.18. The summed E-state index contributed by atoms with van der Waals surface area (Å²) in [5.74, 6) is 2.91.